The van der Waals surface area contributed by atoms with E-state index in [2.05, 4.69) is 12.2 Å². The zero-order valence-electron chi connectivity index (χ0n) is 9.87. The van der Waals surface area contributed by atoms with Crippen molar-refractivity contribution in [3.63, 3.8) is 0 Å². The Morgan fingerprint density at radius 3 is 2.94 bits per heavy atom. The molecule has 4 nitrogen and oxygen atoms in total. The molecule has 1 N–H and O–H groups in total. The molecular formula is C12H20N2O2. The quantitative estimate of drug-likeness (QED) is 0.775. The normalized spacial score (nSPS) is 39.7. The lowest BCUT2D eigenvalue weighted by Gasteiger charge is -2.25. The topological polar surface area (TPSA) is 41.6 Å². The molecule has 0 bridgehead atoms. The highest BCUT2D eigenvalue weighted by atomic mass is 16.7. The molecule has 0 spiro atoms. The number of nitrogens with one attached hydrogen (secondary N) is 1. The number of carbonyl (C=O) groups excluding carboxylic acids is 1. The predicted octanol–water partition coefficient (Wildman–Crippen LogP) is 0.928. The molecule has 2 saturated heterocycles. The summed E-state index contributed by atoms with van der Waals surface area (Å²) < 4.78 is 0. The molecule has 0 radical (unpaired) electrons. The lowest BCUT2D eigenvalue weighted by molar-refractivity contribution is -0.203. The summed E-state index contributed by atoms with van der Waals surface area (Å²) in [5.41, 5.74) is -0.191. The minimum Gasteiger partial charge on any atom is -0.316 e. The lowest BCUT2D eigenvalue weighted by Crippen LogP contribution is -2.33. The van der Waals surface area contributed by atoms with Crippen molar-refractivity contribution in [2.45, 2.75) is 38.2 Å². The molecule has 3 rings (SSSR count). The fourth-order valence-corrected chi connectivity index (χ4v) is 2.88. The molecule has 1 amide bonds. The van der Waals surface area contributed by atoms with Gasteiger partial charge in [-0.25, -0.2) is 5.06 Å². The molecule has 0 aromatic heterocycles. The van der Waals surface area contributed by atoms with Crippen LogP contribution in [0.2, 0.25) is 0 Å². The van der Waals surface area contributed by atoms with Gasteiger partial charge in [-0.2, -0.15) is 0 Å². The standard InChI is InChI=1S/C12H20N2O2/c1-12(10-2-3-10)6-11(15)14(16-12)8-9-4-5-13-7-9/h9-10,13H,2-8H2,1H3. The summed E-state index contributed by atoms with van der Waals surface area (Å²) in [4.78, 5) is 17.8. The molecule has 2 atom stereocenters. The monoisotopic (exact) mass is 224 g/mol. The maximum Gasteiger partial charge on any atom is 0.249 e. The van der Waals surface area contributed by atoms with Crippen LogP contribution in [-0.2, 0) is 9.63 Å². The van der Waals surface area contributed by atoms with Crippen molar-refractivity contribution in [3.05, 3.63) is 0 Å². The molecule has 2 unspecified atom stereocenters. The van der Waals surface area contributed by atoms with Crippen LogP contribution in [0.1, 0.15) is 32.6 Å². The maximum atomic E-state index is 11.9. The molecule has 0 aromatic carbocycles. The van der Waals surface area contributed by atoms with E-state index in [0.717, 1.165) is 26.1 Å². The molecule has 3 fully saturated rings. The highest BCUT2D eigenvalue weighted by Crippen LogP contribution is 2.47. The number of amides is 1. The Hall–Kier alpha value is -0.610. The number of carbonyl (C=O) groups is 1. The smallest absolute Gasteiger partial charge is 0.249 e. The van der Waals surface area contributed by atoms with Gasteiger partial charge in [0.25, 0.3) is 0 Å². The van der Waals surface area contributed by atoms with E-state index in [-0.39, 0.29) is 11.5 Å². The average Bonchev–Trinajstić information content (AvgIpc) is 2.91. The summed E-state index contributed by atoms with van der Waals surface area (Å²) in [6.07, 6.45) is 4.19. The van der Waals surface area contributed by atoms with E-state index in [0.29, 0.717) is 18.3 Å². The number of nitrogens with zero attached hydrogens (tertiary/aromatic N) is 1. The van der Waals surface area contributed by atoms with Crippen LogP contribution in [0.25, 0.3) is 0 Å². The van der Waals surface area contributed by atoms with Crippen LogP contribution in [0.3, 0.4) is 0 Å². The molecule has 1 aliphatic carbocycles. The van der Waals surface area contributed by atoms with Crippen LogP contribution in [0.4, 0.5) is 0 Å². The van der Waals surface area contributed by atoms with Gasteiger partial charge in [-0.1, -0.05) is 0 Å². The summed E-state index contributed by atoms with van der Waals surface area (Å²) in [6, 6.07) is 0. The van der Waals surface area contributed by atoms with E-state index in [1.807, 2.05) is 0 Å². The van der Waals surface area contributed by atoms with Crippen LogP contribution in [0.15, 0.2) is 0 Å². The summed E-state index contributed by atoms with van der Waals surface area (Å²) in [7, 11) is 0. The molecule has 2 aliphatic heterocycles. The minimum absolute atomic E-state index is 0.182. The van der Waals surface area contributed by atoms with Gasteiger partial charge < -0.3 is 5.32 Å². The predicted molar refractivity (Wildman–Crippen MR) is 59.5 cm³/mol. The molecule has 2 heterocycles. The fourth-order valence-electron chi connectivity index (χ4n) is 2.88. The average molecular weight is 224 g/mol. The van der Waals surface area contributed by atoms with Crippen molar-refractivity contribution in [3.8, 4) is 0 Å². The Labute approximate surface area is 96.3 Å². The van der Waals surface area contributed by atoms with Gasteiger partial charge in [0.2, 0.25) is 5.91 Å². The van der Waals surface area contributed by atoms with Gasteiger partial charge in [0.1, 0.15) is 5.60 Å². The third kappa shape index (κ3) is 1.84. The van der Waals surface area contributed by atoms with Gasteiger partial charge in [0.15, 0.2) is 0 Å². The second-order valence-corrected chi connectivity index (χ2v) is 5.67. The van der Waals surface area contributed by atoms with Crippen molar-refractivity contribution in [1.29, 1.82) is 0 Å². The van der Waals surface area contributed by atoms with E-state index < -0.39 is 0 Å². The van der Waals surface area contributed by atoms with Crippen LogP contribution in [0.5, 0.6) is 0 Å². The zero-order chi connectivity index (χ0) is 11.2. The first-order chi connectivity index (χ1) is 7.67. The molecule has 3 aliphatic rings. The van der Waals surface area contributed by atoms with Gasteiger partial charge in [0.05, 0.1) is 13.0 Å². The first-order valence-electron chi connectivity index (χ1n) is 6.37. The van der Waals surface area contributed by atoms with Crippen molar-refractivity contribution >= 4 is 5.91 Å². The Bertz CT molecular complexity index is 297. The Balaban J connectivity index is 1.61. The van der Waals surface area contributed by atoms with E-state index in [9.17, 15) is 4.79 Å². The summed E-state index contributed by atoms with van der Waals surface area (Å²) >= 11 is 0. The van der Waals surface area contributed by atoms with Crippen molar-refractivity contribution < 1.29 is 9.63 Å². The first kappa shape index (κ1) is 10.5. The lowest BCUT2D eigenvalue weighted by atomic mass is 9.97. The highest BCUT2D eigenvalue weighted by molar-refractivity contribution is 5.78. The van der Waals surface area contributed by atoms with Gasteiger partial charge in [-0.3, -0.25) is 9.63 Å². The molecule has 4 heteroatoms. The third-order valence-electron chi connectivity index (χ3n) is 4.13. The van der Waals surface area contributed by atoms with E-state index in [1.165, 1.54) is 12.8 Å². The molecule has 1 saturated carbocycles. The first-order valence-corrected chi connectivity index (χ1v) is 6.37. The second kappa shape index (κ2) is 3.70. The van der Waals surface area contributed by atoms with E-state index in [1.54, 1.807) is 5.06 Å². The van der Waals surface area contributed by atoms with Crippen LogP contribution in [-0.4, -0.2) is 36.2 Å². The van der Waals surface area contributed by atoms with E-state index in [4.69, 9.17) is 4.84 Å². The molecule has 16 heavy (non-hydrogen) atoms. The number of hydrogen-bond donors (Lipinski definition) is 1. The summed E-state index contributed by atoms with van der Waals surface area (Å²) in [6.45, 7) is 4.96. The van der Waals surface area contributed by atoms with Crippen molar-refractivity contribution in [1.82, 2.24) is 10.4 Å². The van der Waals surface area contributed by atoms with E-state index >= 15 is 0 Å². The Kier molecular flexibility index (Phi) is 2.44. The highest BCUT2D eigenvalue weighted by Gasteiger charge is 2.51. The minimum atomic E-state index is -0.191. The third-order valence-corrected chi connectivity index (χ3v) is 4.13. The largest absolute Gasteiger partial charge is 0.316 e. The number of hydroxylamine groups is 2. The maximum absolute atomic E-state index is 11.9. The van der Waals surface area contributed by atoms with Crippen LogP contribution < -0.4 is 5.32 Å². The van der Waals surface area contributed by atoms with Gasteiger partial charge in [-0.15, -0.1) is 0 Å². The SMILES string of the molecule is CC1(C2CC2)CC(=O)N(CC2CCNC2)O1. The number of hydrogen-bond acceptors (Lipinski definition) is 3. The van der Waals surface area contributed by atoms with Gasteiger partial charge >= 0.3 is 0 Å². The summed E-state index contributed by atoms with van der Waals surface area (Å²) in [5.74, 6) is 1.37. The fraction of sp³-hybridized carbons (Fsp3) is 0.917. The Morgan fingerprint density at radius 1 is 1.50 bits per heavy atom. The summed E-state index contributed by atoms with van der Waals surface area (Å²) in [5, 5.41) is 4.96. The van der Waals surface area contributed by atoms with Gasteiger partial charge in [-0.05, 0) is 51.1 Å². The molecule has 0 aromatic rings. The van der Waals surface area contributed by atoms with Gasteiger partial charge in [0, 0.05) is 0 Å². The van der Waals surface area contributed by atoms with Crippen molar-refractivity contribution in [2.24, 2.45) is 11.8 Å². The Morgan fingerprint density at radius 2 is 2.31 bits per heavy atom. The number of rotatable bonds is 3. The van der Waals surface area contributed by atoms with Crippen LogP contribution >= 0.6 is 0 Å². The van der Waals surface area contributed by atoms with Crippen LogP contribution in [0, 0.1) is 11.8 Å². The molecular weight excluding hydrogens is 204 g/mol. The van der Waals surface area contributed by atoms with Crippen molar-refractivity contribution in [2.75, 3.05) is 19.6 Å². The zero-order valence-corrected chi connectivity index (χ0v) is 9.87. The molecule has 90 valence electrons. The second-order valence-electron chi connectivity index (χ2n) is 5.67.